The second-order valence-corrected chi connectivity index (χ2v) is 6.93. The van der Waals surface area contributed by atoms with Crippen LogP contribution in [0, 0.1) is 11.8 Å². The summed E-state index contributed by atoms with van der Waals surface area (Å²) in [5.41, 5.74) is -1.43. The van der Waals surface area contributed by atoms with E-state index in [9.17, 15) is 14.4 Å². The van der Waals surface area contributed by atoms with E-state index >= 15 is 0 Å². The molecule has 1 rings (SSSR count). The molecule has 6 nitrogen and oxygen atoms in total. The third-order valence-electron chi connectivity index (χ3n) is 4.17. The topological polar surface area (TPSA) is 78.9 Å². The van der Waals surface area contributed by atoms with Crippen LogP contribution in [0.15, 0.2) is 12.7 Å². The van der Waals surface area contributed by atoms with Crippen molar-refractivity contribution in [2.75, 3.05) is 13.2 Å². The first-order valence-electron chi connectivity index (χ1n) is 9.04. The minimum Gasteiger partial charge on any atom is -0.465 e. The number of esters is 3. The van der Waals surface area contributed by atoms with Crippen molar-refractivity contribution in [3.05, 3.63) is 12.7 Å². The summed E-state index contributed by atoms with van der Waals surface area (Å²) >= 11 is 0. The Morgan fingerprint density at radius 1 is 1.28 bits per heavy atom. The highest BCUT2D eigenvalue weighted by molar-refractivity contribution is 5.88. The summed E-state index contributed by atoms with van der Waals surface area (Å²) in [6.07, 6.45) is 4.25. The lowest BCUT2D eigenvalue weighted by Gasteiger charge is -2.37. The average molecular weight is 354 g/mol. The van der Waals surface area contributed by atoms with Crippen LogP contribution in [-0.2, 0) is 28.6 Å². The lowest BCUT2D eigenvalue weighted by atomic mass is 9.77. The number of carbonyl (C=O) groups excluding carboxylic acids is 3. The Labute approximate surface area is 149 Å². The van der Waals surface area contributed by atoms with E-state index in [1.54, 1.807) is 0 Å². The van der Waals surface area contributed by atoms with Crippen molar-refractivity contribution < 1.29 is 28.6 Å². The van der Waals surface area contributed by atoms with Crippen molar-refractivity contribution in [3.63, 3.8) is 0 Å². The predicted octanol–water partition coefficient (Wildman–Crippen LogP) is 3.19. The molecule has 0 aliphatic heterocycles. The molecule has 0 amide bonds. The third-order valence-corrected chi connectivity index (χ3v) is 4.17. The van der Waals surface area contributed by atoms with Gasteiger partial charge in [0.2, 0.25) is 5.60 Å². The number of hydrogen-bond acceptors (Lipinski definition) is 6. The number of unbranched alkanes of at least 4 members (excludes halogenated alkanes) is 1. The van der Waals surface area contributed by atoms with E-state index in [0.717, 1.165) is 18.9 Å². The fourth-order valence-corrected chi connectivity index (χ4v) is 2.80. The zero-order chi connectivity index (χ0) is 18.9. The van der Waals surface area contributed by atoms with Gasteiger partial charge in [-0.2, -0.15) is 0 Å². The summed E-state index contributed by atoms with van der Waals surface area (Å²) < 4.78 is 16.0. The Morgan fingerprint density at radius 3 is 2.60 bits per heavy atom. The van der Waals surface area contributed by atoms with E-state index in [4.69, 9.17) is 14.2 Å². The van der Waals surface area contributed by atoms with Gasteiger partial charge >= 0.3 is 17.9 Å². The summed E-state index contributed by atoms with van der Waals surface area (Å²) in [6, 6.07) is 0. The monoisotopic (exact) mass is 354 g/mol. The molecule has 0 aromatic rings. The van der Waals surface area contributed by atoms with Gasteiger partial charge in [0.15, 0.2) is 0 Å². The molecule has 1 aliphatic rings. The first kappa shape index (κ1) is 21.2. The fourth-order valence-electron chi connectivity index (χ4n) is 2.80. The normalized spacial score (nSPS) is 23.0. The van der Waals surface area contributed by atoms with Gasteiger partial charge in [-0.25, -0.2) is 9.59 Å². The molecule has 2 atom stereocenters. The molecule has 142 valence electrons. The van der Waals surface area contributed by atoms with E-state index in [2.05, 4.69) is 6.58 Å². The largest absolute Gasteiger partial charge is 0.465 e. The van der Waals surface area contributed by atoms with Crippen LogP contribution >= 0.6 is 0 Å². The van der Waals surface area contributed by atoms with E-state index in [1.807, 2.05) is 20.8 Å². The molecule has 0 heterocycles. The Bertz CT molecular complexity index is 484. The van der Waals surface area contributed by atoms with E-state index in [0.29, 0.717) is 25.9 Å². The molecule has 6 heteroatoms. The quantitative estimate of drug-likeness (QED) is 0.274. The van der Waals surface area contributed by atoms with E-state index in [-0.39, 0.29) is 24.9 Å². The lowest BCUT2D eigenvalue weighted by Crippen LogP contribution is -2.49. The Morgan fingerprint density at radius 2 is 2.00 bits per heavy atom. The SMILES string of the molecule is C=CC(=O)OC1(C(=O)OCCCC)CCCC(C(=O)OCC(C)C)C1. The maximum Gasteiger partial charge on any atom is 0.350 e. The van der Waals surface area contributed by atoms with Crippen molar-refractivity contribution in [1.29, 1.82) is 0 Å². The molecule has 0 radical (unpaired) electrons. The van der Waals surface area contributed by atoms with Gasteiger partial charge in [-0.15, -0.1) is 0 Å². The molecule has 1 saturated carbocycles. The van der Waals surface area contributed by atoms with Crippen LogP contribution in [0.5, 0.6) is 0 Å². The second-order valence-electron chi connectivity index (χ2n) is 6.93. The summed E-state index contributed by atoms with van der Waals surface area (Å²) in [6.45, 7) is 9.87. The van der Waals surface area contributed by atoms with Gasteiger partial charge in [0.05, 0.1) is 19.1 Å². The molecule has 0 saturated heterocycles. The highest BCUT2D eigenvalue weighted by atomic mass is 16.6. The van der Waals surface area contributed by atoms with Gasteiger partial charge < -0.3 is 14.2 Å². The Kier molecular flexibility index (Phi) is 8.66. The van der Waals surface area contributed by atoms with Crippen molar-refractivity contribution >= 4 is 17.9 Å². The Hall–Kier alpha value is -1.85. The number of carbonyl (C=O) groups is 3. The molecule has 0 aromatic carbocycles. The van der Waals surface area contributed by atoms with Gasteiger partial charge in [0.1, 0.15) is 0 Å². The molecular weight excluding hydrogens is 324 g/mol. The van der Waals surface area contributed by atoms with Crippen molar-refractivity contribution in [3.8, 4) is 0 Å². The van der Waals surface area contributed by atoms with Crippen LogP contribution in [0.2, 0.25) is 0 Å². The summed E-state index contributed by atoms with van der Waals surface area (Å²) in [5.74, 6) is -1.88. The van der Waals surface area contributed by atoms with Gasteiger partial charge in [-0.05, 0) is 31.6 Å². The van der Waals surface area contributed by atoms with Gasteiger partial charge in [0, 0.05) is 12.5 Å². The molecular formula is C19H30O6. The lowest BCUT2D eigenvalue weighted by molar-refractivity contribution is -0.188. The maximum absolute atomic E-state index is 12.6. The Balaban J connectivity index is 2.86. The smallest absolute Gasteiger partial charge is 0.350 e. The molecule has 1 fully saturated rings. The molecule has 0 spiro atoms. The van der Waals surface area contributed by atoms with Gasteiger partial charge in [-0.3, -0.25) is 4.79 Å². The first-order chi connectivity index (χ1) is 11.8. The number of hydrogen-bond donors (Lipinski definition) is 0. The molecule has 0 bridgehead atoms. The molecule has 25 heavy (non-hydrogen) atoms. The van der Waals surface area contributed by atoms with E-state index < -0.39 is 23.5 Å². The van der Waals surface area contributed by atoms with Crippen LogP contribution in [0.25, 0.3) is 0 Å². The maximum atomic E-state index is 12.6. The number of rotatable bonds is 9. The first-order valence-corrected chi connectivity index (χ1v) is 9.04. The highest BCUT2D eigenvalue weighted by Crippen LogP contribution is 2.37. The molecule has 0 N–H and O–H groups in total. The van der Waals surface area contributed by atoms with Crippen molar-refractivity contribution in [2.45, 2.75) is 64.9 Å². The van der Waals surface area contributed by atoms with E-state index in [1.165, 1.54) is 0 Å². The van der Waals surface area contributed by atoms with Crippen molar-refractivity contribution in [2.24, 2.45) is 11.8 Å². The van der Waals surface area contributed by atoms with Gasteiger partial charge in [0.25, 0.3) is 0 Å². The van der Waals surface area contributed by atoms with Crippen molar-refractivity contribution in [1.82, 2.24) is 0 Å². The van der Waals surface area contributed by atoms with Crippen LogP contribution in [0.3, 0.4) is 0 Å². The summed E-state index contributed by atoms with van der Waals surface area (Å²) in [4.78, 5) is 36.6. The minimum atomic E-state index is -1.43. The van der Waals surface area contributed by atoms with Crippen LogP contribution in [0.4, 0.5) is 0 Å². The van der Waals surface area contributed by atoms with Crippen LogP contribution < -0.4 is 0 Å². The summed E-state index contributed by atoms with van der Waals surface area (Å²) in [7, 11) is 0. The zero-order valence-electron chi connectivity index (χ0n) is 15.5. The molecule has 2 unspecified atom stereocenters. The average Bonchev–Trinajstić information content (AvgIpc) is 2.59. The minimum absolute atomic E-state index is 0.0917. The predicted molar refractivity (Wildman–Crippen MR) is 92.6 cm³/mol. The fraction of sp³-hybridized carbons (Fsp3) is 0.737. The highest BCUT2D eigenvalue weighted by Gasteiger charge is 2.49. The standard InChI is InChI=1S/C19H30O6/c1-5-7-11-23-18(22)19(25-16(20)6-2)10-8-9-15(12-19)17(21)24-13-14(3)4/h6,14-15H,2,5,7-13H2,1,3-4H3. The molecule has 0 aromatic heterocycles. The van der Waals surface area contributed by atoms with Crippen LogP contribution in [-0.4, -0.2) is 36.7 Å². The van der Waals surface area contributed by atoms with Gasteiger partial charge in [-0.1, -0.05) is 33.8 Å². The molecule has 1 aliphatic carbocycles. The third kappa shape index (κ3) is 6.52. The zero-order valence-corrected chi connectivity index (χ0v) is 15.5. The van der Waals surface area contributed by atoms with Crippen LogP contribution in [0.1, 0.15) is 59.3 Å². The summed E-state index contributed by atoms with van der Waals surface area (Å²) in [5, 5.41) is 0. The number of ether oxygens (including phenoxy) is 3. The second kappa shape index (κ2) is 10.2.